The number of hydrogen-bond acceptors (Lipinski definition) is 5. The van der Waals surface area contributed by atoms with Gasteiger partial charge in [-0.25, -0.2) is 4.98 Å². The van der Waals surface area contributed by atoms with Crippen LogP contribution in [0.4, 0.5) is 0 Å². The largest absolute Gasteiger partial charge is 0.501 e. The van der Waals surface area contributed by atoms with Gasteiger partial charge in [0, 0.05) is 38.8 Å². The molecule has 0 atom stereocenters. The molecule has 0 radical (unpaired) electrons. The summed E-state index contributed by atoms with van der Waals surface area (Å²) in [4.78, 5) is 23.6. The molecule has 3 N–H and O–H groups in total. The Morgan fingerprint density at radius 2 is 1.91 bits per heavy atom. The van der Waals surface area contributed by atoms with E-state index >= 15 is 0 Å². The topological polar surface area (TPSA) is 104 Å². The Bertz CT molecular complexity index is 1510. The first-order valence-corrected chi connectivity index (χ1v) is 10.6. The average Bonchev–Trinajstić information content (AvgIpc) is 3.40. The highest BCUT2D eigenvalue weighted by atomic mass is 79.9. The number of nitrogens with zero attached hydrogens (tertiary/aromatic N) is 1. The number of halogens is 1. The quantitative estimate of drug-likeness (QED) is 0.302. The predicted molar refractivity (Wildman–Crippen MR) is 126 cm³/mol. The zero-order valence-electron chi connectivity index (χ0n) is 17.2. The zero-order chi connectivity index (χ0) is 22.4. The van der Waals surface area contributed by atoms with Crippen LogP contribution in [-0.2, 0) is 0 Å². The molecule has 8 heteroatoms. The van der Waals surface area contributed by atoms with Crippen molar-refractivity contribution in [2.75, 3.05) is 7.11 Å². The number of aromatic nitrogens is 3. The van der Waals surface area contributed by atoms with E-state index in [4.69, 9.17) is 14.1 Å². The third-order valence-corrected chi connectivity index (χ3v) is 5.73. The summed E-state index contributed by atoms with van der Waals surface area (Å²) in [5, 5.41) is 11.5. The van der Waals surface area contributed by atoms with Crippen molar-refractivity contribution < 1.29 is 14.3 Å². The van der Waals surface area contributed by atoms with Crippen LogP contribution >= 0.6 is 15.9 Å². The number of H-pyrrole nitrogens is 2. The van der Waals surface area contributed by atoms with Crippen molar-refractivity contribution in [1.29, 1.82) is 0 Å². The molecule has 0 saturated carbocycles. The number of imidazole rings is 1. The van der Waals surface area contributed by atoms with E-state index in [0.717, 1.165) is 26.5 Å². The van der Waals surface area contributed by atoms with E-state index in [1.807, 2.05) is 48.7 Å². The van der Waals surface area contributed by atoms with Crippen LogP contribution in [0.25, 0.3) is 45.0 Å². The number of nitrogens with one attached hydrogen (secondary N) is 2. The molecule has 2 aromatic carbocycles. The normalized spacial score (nSPS) is 11.2. The van der Waals surface area contributed by atoms with E-state index in [1.165, 1.54) is 6.07 Å². The molecule has 3 aromatic heterocycles. The van der Waals surface area contributed by atoms with Crippen LogP contribution in [0.2, 0.25) is 0 Å². The van der Waals surface area contributed by atoms with Crippen molar-refractivity contribution in [3.05, 3.63) is 75.2 Å². The smallest absolute Gasteiger partial charge is 0.227 e. The molecule has 7 nitrogen and oxygen atoms in total. The average molecular weight is 492 g/mol. The van der Waals surface area contributed by atoms with Crippen LogP contribution < -0.4 is 10.2 Å². The Morgan fingerprint density at radius 3 is 2.66 bits per heavy atom. The minimum absolute atomic E-state index is 0.0437. The van der Waals surface area contributed by atoms with Gasteiger partial charge in [-0.15, -0.1) is 0 Å². The molecular formula is C24H18BrN3O4. The van der Waals surface area contributed by atoms with Crippen LogP contribution in [0.15, 0.2) is 68.4 Å². The lowest BCUT2D eigenvalue weighted by Crippen LogP contribution is -2.01. The molecule has 0 aliphatic rings. The highest BCUT2D eigenvalue weighted by molar-refractivity contribution is 9.10. The van der Waals surface area contributed by atoms with Gasteiger partial charge in [0.25, 0.3) is 0 Å². The van der Waals surface area contributed by atoms with Gasteiger partial charge in [-0.1, -0.05) is 22.0 Å². The highest BCUT2D eigenvalue weighted by Gasteiger charge is 2.23. The summed E-state index contributed by atoms with van der Waals surface area (Å²) >= 11 is 3.48. The molecule has 0 spiro atoms. The van der Waals surface area contributed by atoms with Gasteiger partial charge < -0.3 is 24.2 Å². The maximum atomic E-state index is 12.2. The SMILES string of the molecule is COc1ccc(-c2nc(-c3c[nH]c4cc(Br)ccc34)[nH]c2-c2oc(C)cc(=O)c2O)cc1. The van der Waals surface area contributed by atoms with Gasteiger partial charge >= 0.3 is 0 Å². The van der Waals surface area contributed by atoms with Crippen molar-refractivity contribution in [3.8, 4) is 45.6 Å². The van der Waals surface area contributed by atoms with Crippen molar-refractivity contribution in [1.82, 2.24) is 15.0 Å². The minimum atomic E-state index is -0.516. The van der Waals surface area contributed by atoms with E-state index in [2.05, 4.69) is 25.9 Å². The Morgan fingerprint density at radius 1 is 1.12 bits per heavy atom. The first kappa shape index (κ1) is 20.1. The zero-order valence-corrected chi connectivity index (χ0v) is 18.8. The second-order valence-corrected chi connectivity index (χ2v) is 8.24. The molecule has 5 rings (SSSR count). The van der Waals surface area contributed by atoms with Gasteiger partial charge in [-0.3, -0.25) is 4.79 Å². The number of ether oxygens (including phenoxy) is 1. The first-order chi connectivity index (χ1) is 15.4. The lowest BCUT2D eigenvalue weighted by molar-refractivity contribution is 0.415. The fraction of sp³-hybridized carbons (Fsp3) is 0.0833. The fourth-order valence-corrected chi connectivity index (χ4v) is 4.05. The Balaban J connectivity index is 1.76. The molecule has 32 heavy (non-hydrogen) atoms. The Labute approximate surface area is 190 Å². The summed E-state index contributed by atoms with van der Waals surface area (Å²) in [5.74, 6) is 1.24. The van der Waals surface area contributed by atoms with Gasteiger partial charge in [0.1, 0.15) is 28.7 Å². The molecule has 5 aromatic rings. The molecule has 160 valence electrons. The number of fused-ring (bicyclic) bond motifs is 1. The van der Waals surface area contributed by atoms with E-state index in [1.54, 1.807) is 14.0 Å². The van der Waals surface area contributed by atoms with Crippen LogP contribution in [0.3, 0.4) is 0 Å². The minimum Gasteiger partial charge on any atom is -0.501 e. The lowest BCUT2D eigenvalue weighted by Gasteiger charge is -2.06. The third-order valence-electron chi connectivity index (χ3n) is 5.24. The molecule has 0 bridgehead atoms. The molecule has 0 amide bonds. The van der Waals surface area contributed by atoms with Crippen molar-refractivity contribution in [2.45, 2.75) is 6.92 Å². The standard InChI is InChI=1S/C24H18BrN3O4/c1-12-9-19(29)22(30)23(32-12)21-20(13-3-6-15(31-2)7-4-13)27-24(28-21)17-11-26-18-10-14(25)5-8-16(17)18/h3-11,26,30H,1-2H3,(H,27,28). The van der Waals surface area contributed by atoms with E-state index in [0.29, 0.717) is 28.7 Å². The van der Waals surface area contributed by atoms with E-state index < -0.39 is 11.2 Å². The second-order valence-electron chi connectivity index (χ2n) is 7.33. The number of hydrogen-bond donors (Lipinski definition) is 3. The predicted octanol–water partition coefficient (Wildman–Crippen LogP) is 5.63. The maximum absolute atomic E-state index is 12.2. The summed E-state index contributed by atoms with van der Waals surface area (Å²) in [5.41, 5.74) is 3.01. The van der Waals surface area contributed by atoms with Gasteiger partial charge in [0.15, 0.2) is 5.76 Å². The van der Waals surface area contributed by atoms with Gasteiger partial charge in [0.2, 0.25) is 11.2 Å². The molecule has 0 saturated heterocycles. The van der Waals surface area contributed by atoms with Gasteiger partial charge in [-0.2, -0.15) is 0 Å². The first-order valence-electron chi connectivity index (χ1n) is 9.80. The number of aromatic amines is 2. The summed E-state index contributed by atoms with van der Waals surface area (Å²) in [6.45, 7) is 1.66. The van der Waals surface area contributed by atoms with Crippen LogP contribution in [0.1, 0.15) is 5.76 Å². The molecule has 3 heterocycles. The van der Waals surface area contributed by atoms with E-state index in [9.17, 15) is 9.90 Å². The van der Waals surface area contributed by atoms with E-state index in [-0.39, 0.29) is 5.76 Å². The maximum Gasteiger partial charge on any atom is 0.227 e. The Kier molecular flexibility index (Phi) is 4.86. The number of aryl methyl sites for hydroxylation is 1. The number of rotatable bonds is 4. The second kappa shape index (κ2) is 7.72. The van der Waals surface area contributed by atoms with Gasteiger partial charge in [0.05, 0.1) is 7.11 Å². The van der Waals surface area contributed by atoms with Crippen LogP contribution in [0, 0.1) is 6.92 Å². The summed E-state index contributed by atoms with van der Waals surface area (Å²) in [7, 11) is 1.60. The number of benzene rings is 2. The fourth-order valence-electron chi connectivity index (χ4n) is 3.69. The molecule has 0 unspecified atom stereocenters. The van der Waals surface area contributed by atoms with Crippen molar-refractivity contribution in [3.63, 3.8) is 0 Å². The third kappa shape index (κ3) is 3.38. The monoisotopic (exact) mass is 491 g/mol. The molecule has 0 fully saturated rings. The summed E-state index contributed by atoms with van der Waals surface area (Å²) < 4.78 is 12.0. The molecule has 0 aliphatic heterocycles. The van der Waals surface area contributed by atoms with Crippen LogP contribution in [-0.4, -0.2) is 27.2 Å². The number of aromatic hydroxyl groups is 1. The molecular weight excluding hydrogens is 474 g/mol. The Hall–Kier alpha value is -3.78. The van der Waals surface area contributed by atoms with Crippen LogP contribution in [0.5, 0.6) is 11.5 Å². The summed E-state index contributed by atoms with van der Waals surface area (Å²) in [6.07, 6.45) is 1.86. The summed E-state index contributed by atoms with van der Waals surface area (Å²) in [6, 6.07) is 14.5. The lowest BCUT2D eigenvalue weighted by atomic mass is 10.1. The number of methoxy groups -OCH3 is 1. The highest BCUT2D eigenvalue weighted by Crippen LogP contribution is 2.38. The van der Waals surface area contributed by atoms with Crippen molar-refractivity contribution >= 4 is 26.8 Å². The van der Waals surface area contributed by atoms with Crippen molar-refractivity contribution in [2.24, 2.45) is 0 Å². The molecule has 0 aliphatic carbocycles. The van der Waals surface area contributed by atoms with Gasteiger partial charge in [-0.05, 0) is 43.3 Å².